The van der Waals surface area contributed by atoms with Crippen molar-refractivity contribution in [3.8, 4) is 5.75 Å². The summed E-state index contributed by atoms with van der Waals surface area (Å²) in [5.74, 6) is 0.441. The zero-order chi connectivity index (χ0) is 22.9. The van der Waals surface area contributed by atoms with Crippen molar-refractivity contribution in [2.24, 2.45) is 5.92 Å². The maximum Gasteiger partial charge on any atom is 0.265 e. The molecule has 10 heteroatoms. The van der Waals surface area contributed by atoms with Crippen molar-refractivity contribution < 1.29 is 22.7 Å². The number of benzene rings is 1. The van der Waals surface area contributed by atoms with E-state index in [1.165, 1.54) is 21.3 Å². The normalized spacial score (nSPS) is 21.4. The number of piperidine rings is 1. The number of anilines is 1. The molecule has 176 valence electrons. The van der Waals surface area contributed by atoms with Gasteiger partial charge >= 0.3 is 0 Å². The van der Waals surface area contributed by atoms with Crippen LogP contribution in [0.2, 0.25) is 0 Å². The molecule has 0 bridgehead atoms. The number of nitrogens with zero attached hydrogens (tertiary/aromatic N) is 4. The summed E-state index contributed by atoms with van der Waals surface area (Å²) < 4.78 is 33.4. The molecule has 0 unspecified atom stereocenters. The van der Waals surface area contributed by atoms with E-state index < -0.39 is 10.0 Å². The first kappa shape index (κ1) is 23.0. The third kappa shape index (κ3) is 4.62. The zero-order valence-electron chi connectivity index (χ0n) is 18.8. The first-order valence-electron chi connectivity index (χ1n) is 11.4. The predicted octanol–water partition coefficient (Wildman–Crippen LogP) is 0.997. The van der Waals surface area contributed by atoms with E-state index in [1.807, 2.05) is 0 Å². The van der Waals surface area contributed by atoms with Crippen LogP contribution < -0.4 is 9.64 Å². The second-order valence-corrected chi connectivity index (χ2v) is 10.7. The lowest BCUT2D eigenvalue weighted by Crippen LogP contribution is -2.52. The van der Waals surface area contributed by atoms with Crippen LogP contribution in [-0.2, 0) is 19.6 Å². The molecule has 2 amide bonds. The number of hydrogen-bond acceptors (Lipinski definition) is 6. The number of piperazine rings is 1. The van der Waals surface area contributed by atoms with Crippen LogP contribution >= 0.6 is 0 Å². The number of sulfonamides is 1. The van der Waals surface area contributed by atoms with E-state index in [9.17, 15) is 18.0 Å². The third-order valence-electron chi connectivity index (χ3n) is 6.72. The van der Waals surface area contributed by atoms with Crippen LogP contribution in [0.4, 0.5) is 5.69 Å². The smallest absolute Gasteiger partial charge is 0.265 e. The summed E-state index contributed by atoms with van der Waals surface area (Å²) in [6.07, 6.45) is 1.66. The van der Waals surface area contributed by atoms with Gasteiger partial charge in [-0.15, -0.1) is 0 Å². The Bertz CT molecular complexity index is 967. The number of carbonyl (C=O) groups excluding carboxylic acids is 2. The fraction of sp³-hybridized carbons (Fsp3) is 0.636. The number of amides is 2. The Morgan fingerprint density at radius 2 is 1.78 bits per heavy atom. The van der Waals surface area contributed by atoms with Gasteiger partial charge in [0.1, 0.15) is 12.3 Å². The Kier molecular flexibility index (Phi) is 6.73. The minimum atomic E-state index is -3.68. The molecule has 0 radical (unpaired) electrons. The highest BCUT2D eigenvalue weighted by atomic mass is 32.2. The number of likely N-dealkylation sites (N-methyl/N-ethyl adjacent to an activating group) is 1. The molecule has 0 atom stereocenters. The number of hydrogen-bond donors (Lipinski definition) is 0. The largest absolute Gasteiger partial charge is 0.482 e. The molecule has 1 aromatic carbocycles. The van der Waals surface area contributed by atoms with Gasteiger partial charge < -0.3 is 14.5 Å². The lowest BCUT2D eigenvalue weighted by molar-refractivity contribution is -0.133. The Morgan fingerprint density at radius 1 is 1.09 bits per heavy atom. The van der Waals surface area contributed by atoms with Crippen molar-refractivity contribution in [2.75, 3.05) is 63.9 Å². The Labute approximate surface area is 189 Å². The van der Waals surface area contributed by atoms with Crippen molar-refractivity contribution in [2.45, 2.75) is 31.6 Å². The van der Waals surface area contributed by atoms with Gasteiger partial charge in [-0.05, 0) is 43.5 Å². The van der Waals surface area contributed by atoms with E-state index in [-0.39, 0.29) is 29.9 Å². The van der Waals surface area contributed by atoms with Crippen LogP contribution in [0.25, 0.3) is 0 Å². The number of carbonyl (C=O) groups is 2. The SMILES string of the molecule is CCN1CCN(C(=O)CN2C(=O)COc3ccc(S(=O)(=O)N4CCC(C)CC4)cc32)CC1. The maximum atomic E-state index is 13.2. The predicted molar refractivity (Wildman–Crippen MR) is 120 cm³/mol. The number of fused-ring (bicyclic) bond motifs is 1. The quantitative estimate of drug-likeness (QED) is 0.646. The fourth-order valence-corrected chi connectivity index (χ4v) is 5.93. The van der Waals surface area contributed by atoms with E-state index in [2.05, 4.69) is 18.7 Å². The topological polar surface area (TPSA) is 90.5 Å². The molecule has 32 heavy (non-hydrogen) atoms. The van der Waals surface area contributed by atoms with Gasteiger partial charge in [-0.3, -0.25) is 14.5 Å². The molecule has 1 aromatic rings. The van der Waals surface area contributed by atoms with E-state index in [0.717, 1.165) is 32.5 Å². The summed E-state index contributed by atoms with van der Waals surface area (Å²) in [6, 6.07) is 4.58. The molecule has 0 N–H and O–H groups in total. The second-order valence-electron chi connectivity index (χ2n) is 8.80. The van der Waals surface area contributed by atoms with Crippen molar-refractivity contribution >= 4 is 27.5 Å². The average Bonchev–Trinajstić information content (AvgIpc) is 2.81. The van der Waals surface area contributed by atoms with E-state index in [1.54, 1.807) is 11.0 Å². The molecule has 0 aliphatic carbocycles. The number of ether oxygens (including phenoxy) is 1. The van der Waals surface area contributed by atoms with Gasteiger partial charge in [0.05, 0.1) is 10.6 Å². The zero-order valence-corrected chi connectivity index (χ0v) is 19.6. The van der Waals surface area contributed by atoms with Gasteiger partial charge in [0.15, 0.2) is 6.61 Å². The molecular formula is C22H32N4O5S. The lowest BCUT2D eigenvalue weighted by atomic mass is 10.0. The van der Waals surface area contributed by atoms with Crippen molar-refractivity contribution in [3.05, 3.63) is 18.2 Å². The van der Waals surface area contributed by atoms with Gasteiger partial charge in [0.25, 0.3) is 5.91 Å². The first-order valence-corrected chi connectivity index (χ1v) is 12.8. The van der Waals surface area contributed by atoms with Crippen molar-refractivity contribution in [3.63, 3.8) is 0 Å². The molecule has 2 fully saturated rings. The molecule has 3 aliphatic heterocycles. The van der Waals surface area contributed by atoms with E-state index in [0.29, 0.717) is 43.5 Å². The highest BCUT2D eigenvalue weighted by Crippen LogP contribution is 2.35. The molecular weight excluding hydrogens is 432 g/mol. The summed E-state index contributed by atoms with van der Waals surface area (Å²) in [5, 5.41) is 0. The van der Waals surface area contributed by atoms with Crippen LogP contribution in [0.15, 0.2) is 23.1 Å². The minimum Gasteiger partial charge on any atom is -0.482 e. The molecule has 3 aliphatic rings. The molecule has 0 saturated carbocycles. The molecule has 9 nitrogen and oxygen atoms in total. The first-order chi connectivity index (χ1) is 15.3. The van der Waals surface area contributed by atoms with Gasteiger partial charge in [0.2, 0.25) is 15.9 Å². The average molecular weight is 465 g/mol. The summed E-state index contributed by atoms with van der Waals surface area (Å²) in [7, 11) is -3.68. The van der Waals surface area contributed by atoms with Crippen LogP contribution in [-0.4, -0.2) is 93.3 Å². The highest BCUT2D eigenvalue weighted by Gasteiger charge is 2.33. The summed E-state index contributed by atoms with van der Waals surface area (Å²) in [4.78, 5) is 31.1. The lowest BCUT2D eigenvalue weighted by Gasteiger charge is -2.36. The van der Waals surface area contributed by atoms with Crippen LogP contribution in [0.1, 0.15) is 26.7 Å². The van der Waals surface area contributed by atoms with Crippen LogP contribution in [0.5, 0.6) is 5.75 Å². The van der Waals surface area contributed by atoms with Crippen molar-refractivity contribution in [1.82, 2.24) is 14.1 Å². The van der Waals surface area contributed by atoms with Gasteiger partial charge in [0, 0.05) is 39.3 Å². The molecule has 4 rings (SSSR count). The Balaban J connectivity index is 1.54. The fourth-order valence-electron chi connectivity index (χ4n) is 4.44. The molecule has 0 spiro atoms. The maximum absolute atomic E-state index is 13.2. The van der Waals surface area contributed by atoms with Crippen LogP contribution in [0, 0.1) is 5.92 Å². The van der Waals surface area contributed by atoms with E-state index in [4.69, 9.17) is 4.74 Å². The molecule has 3 heterocycles. The second kappa shape index (κ2) is 9.36. The monoisotopic (exact) mass is 464 g/mol. The Morgan fingerprint density at radius 3 is 2.44 bits per heavy atom. The number of rotatable bonds is 5. The highest BCUT2D eigenvalue weighted by molar-refractivity contribution is 7.89. The van der Waals surface area contributed by atoms with Gasteiger partial charge in [-0.25, -0.2) is 8.42 Å². The summed E-state index contributed by atoms with van der Waals surface area (Å²) >= 11 is 0. The minimum absolute atomic E-state index is 0.119. The standard InChI is InChI=1S/C22H32N4O5S/c1-3-23-10-12-24(13-11-23)21(27)15-26-19-14-18(4-5-20(19)31-16-22(26)28)32(29,30)25-8-6-17(2)7-9-25/h4-5,14,17H,3,6-13,15-16H2,1-2H3. The van der Waals surface area contributed by atoms with Crippen molar-refractivity contribution in [1.29, 1.82) is 0 Å². The molecule has 2 saturated heterocycles. The summed E-state index contributed by atoms with van der Waals surface area (Å²) in [6.45, 7) is 8.74. The van der Waals surface area contributed by atoms with Gasteiger partial charge in [-0.1, -0.05) is 13.8 Å². The van der Waals surface area contributed by atoms with Crippen LogP contribution in [0.3, 0.4) is 0 Å². The molecule has 0 aromatic heterocycles. The summed E-state index contributed by atoms with van der Waals surface area (Å²) in [5.41, 5.74) is 0.341. The third-order valence-corrected chi connectivity index (χ3v) is 8.61. The van der Waals surface area contributed by atoms with E-state index >= 15 is 0 Å². The van der Waals surface area contributed by atoms with Gasteiger partial charge in [-0.2, -0.15) is 4.31 Å². The Hall–Kier alpha value is -2.17.